The Hall–Kier alpha value is -3.86. The smallest absolute Gasteiger partial charge is 0.293 e. The lowest BCUT2D eigenvalue weighted by Gasteiger charge is -2.15. The van der Waals surface area contributed by atoms with Crippen LogP contribution in [0.5, 0.6) is 11.5 Å². The van der Waals surface area contributed by atoms with Crippen molar-refractivity contribution in [2.45, 2.75) is 20.0 Å². The van der Waals surface area contributed by atoms with Gasteiger partial charge in [0, 0.05) is 25.3 Å². The minimum atomic E-state index is -0.907. The number of nitrogens with zero attached hydrogens (tertiary/aromatic N) is 1. The van der Waals surface area contributed by atoms with Crippen molar-refractivity contribution in [1.29, 1.82) is 0 Å². The first kappa shape index (κ1) is 24.4. The van der Waals surface area contributed by atoms with E-state index < -0.39 is 22.8 Å². The minimum Gasteiger partial charge on any atom is -0.494 e. The highest BCUT2D eigenvalue weighted by atomic mass is 16.6. The van der Waals surface area contributed by atoms with Crippen LogP contribution in [0.3, 0.4) is 0 Å². The maximum Gasteiger partial charge on any atom is 0.293 e. The maximum absolute atomic E-state index is 12.3. The van der Waals surface area contributed by atoms with Crippen molar-refractivity contribution < 1.29 is 28.7 Å². The molecule has 2 aromatic rings. The van der Waals surface area contributed by atoms with E-state index in [-0.39, 0.29) is 16.9 Å². The van der Waals surface area contributed by atoms with Crippen molar-refractivity contribution in [3.8, 4) is 11.5 Å². The Morgan fingerprint density at radius 2 is 1.78 bits per heavy atom. The number of methoxy groups -OCH3 is 1. The average Bonchev–Trinajstić information content (AvgIpc) is 2.78. The molecule has 1 unspecified atom stereocenters. The summed E-state index contributed by atoms with van der Waals surface area (Å²) in [4.78, 5) is 35.3. The number of anilines is 1. The molecule has 0 saturated heterocycles. The van der Waals surface area contributed by atoms with Crippen molar-refractivity contribution >= 4 is 23.2 Å². The van der Waals surface area contributed by atoms with E-state index in [2.05, 4.69) is 16.2 Å². The number of carbonyl (C=O) groups is 2. The predicted octanol–water partition coefficient (Wildman–Crippen LogP) is 2.28. The quantitative estimate of drug-likeness (QED) is 0.271. The Labute approximate surface area is 185 Å². The van der Waals surface area contributed by atoms with Gasteiger partial charge in [0.25, 0.3) is 17.5 Å². The lowest BCUT2D eigenvalue weighted by molar-refractivity contribution is -0.384. The lowest BCUT2D eigenvalue weighted by Crippen LogP contribution is -2.47. The van der Waals surface area contributed by atoms with Crippen LogP contribution in [-0.4, -0.2) is 49.7 Å². The summed E-state index contributed by atoms with van der Waals surface area (Å²) in [7, 11) is 1.52. The highest BCUT2D eigenvalue weighted by Crippen LogP contribution is 2.25. The zero-order chi connectivity index (χ0) is 23.5. The van der Waals surface area contributed by atoms with Crippen LogP contribution in [0.15, 0.2) is 42.5 Å². The predicted molar refractivity (Wildman–Crippen MR) is 117 cm³/mol. The topological polar surface area (TPSA) is 141 Å². The largest absolute Gasteiger partial charge is 0.494 e. The molecule has 32 heavy (non-hydrogen) atoms. The summed E-state index contributed by atoms with van der Waals surface area (Å²) in [5, 5.41) is 14.2. The van der Waals surface area contributed by atoms with Gasteiger partial charge >= 0.3 is 0 Å². The first-order valence-electron chi connectivity index (χ1n) is 9.86. The van der Waals surface area contributed by atoms with Crippen LogP contribution in [0.2, 0.25) is 0 Å². The van der Waals surface area contributed by atoms with Crippen LogP contribution in [-0.2, 0) is 9.53 Å². The van der Waals surface area contributed by atoms with E-state index >= 15 is 0 Å². The molecule has 11 heteroatoms. The van der Waals surface area contributed by atoms with Crippen molar-refractivity contribution in [3.05, 3.63) is 58.1 Å². The highest BCUT2D eigenvalue weighted by molar-refractivity contribution is 5.97. The maximum atomic E-state index is 12.3. The summed E-state index contributed by atoms with van der Waals surface area (Å²) in [6, 6.07) is 10.7. The summed E-state index contributed by atoms with van der Waals surface area (Å²) in [5.74, 6) is -0.175. The second kappa shape index (κ2) is 12.1. The van der Waals surface area contributed by atoms with Crippen LogP contribution in [0.4, 0.5) is 11.4 Å². The van der Waals surface area contributed by atoms with E-state index in [1.165, 1.54) is 26.2 Å². The normalized spacial score (nSPS) is 11.2. The van der Waals surface area contributed by atoms with Crippen molar-refractivity contribution in [2.75, 3.05) is 32.2 Å². The van der Waals surface area contributed by atoms with E-state index in [1.54, 1.807) is 24.3 Å². The van der Waals surface area contributed by atoms with Gasteiger partial charge in [-0.2, -0.15) is 0 Å². The first-order chi connectivity index (χ1) is 15.3. The summed E-state index contributed by atoms with van der Waals surface area (Å²) >= 11 is 0. The molecular weight excluding hydrogens is 420 g/mol. The molecule has 0 aliphatic rings. The second-order valence-corrected chi connectivity index (χ2v) is 6.52. The molecule has 0 heterocycles. The third kappa shape index (κ3) is 7.13. The second-order valence-electron chi connectivity index (χ2n) is 6.52. The number of carbonyl (C=O) groups excluding carboxylic acids is 2. The van der Waals surface area contributed by atoms with Gasteiger partial charge in [0.05, 0.1) is 18.1 Å². The summed E-state index contributed by atoms with van der Waals surface area (Å²) < 4.78 is 15.8. The van der Waals surface area contributed by atoms with Crippen molar-refractivity contribution in [1.82, 2.24) is 10.9 Å². The molecule has 0 saturated carbocycles. The number of rotatable bonds is 11. The Balaban J connectivity index is 1.93. The molecule has 0 aromatic heterocycles. The monoisotopic (exact) mass is 446 g/mol. The van der Waals surface area contributed by atoms with Crippen LogP contribution in [0.25, 0.3) is 0 Å². The standard InChI is InChI=1S/C21H26N4O7/c1-4-31-16-6-8-17(9-7-16)32-14(2)20(26)23-24-21(27)15-5-10-18(22-11-12-30-3)19(13-15)25(28)29/h5-10,13-14,22H,4,11-12H2,1-3H3,(H,23,26)(H,24,27). The average molecular weight is 446 g/mol. The van der Waals surface area contributed by atoms with E-state index in [9.17, 15) is 19.7 Å². The minimum absolute atomic E-state index is 0.00868. The Morgan fingerprint density at radius 3 is 2.41 bits per heavy atom. The third-order valence-corrected chi connectivity index (χ3v) is 4.19. The van der Waals surface area contributed by atoms with E-state index in [0.29, 0.717) is 31.3 Å². The molecule has 0 bridgehead atoms. The number of hydrogen-bond acceptors (Lipinski definition) is 8. The Morgan fingerprint density at radius 1 is 1.09 bits per heavy atom. The fourth-order valence-electron chi connectivity index (χ4n) is 2.59. The van der Waals surface area contributed by atoms with Crippen LogP contribution < -0.4 is 25.6 Å². The number of nitro groups is 1. The summed E-state index contributed by atoms with van der Waals surface area (Å²) in [6.45, 7) is 4.66. The van der Waals surface area contributed by atoms with Crippen LogP contribution in [0.1, 0.15) is 24.2 Å². The Kier molecular flexibility index (Phi) is 9.23. The molecule has 2 aromatic carbocycles. The molecular formula is C21H26N4O7. The molecule has 0 radical (unpaired) electrons. The van der Waals surface area contributed by atoms with Crippen LogP contribution >= 0.6 is 0 Å². The van der Waals surface area contributed by atoms with E-state index in [0.717, 1.165) is 6.07 Å². The van der Waals surface area contributed by atoms with Gasteiger partial charge in [0.1, 0.15) is 17.2 Å². The van der Waals surface area contributed by atoms with Gasteiger partial charge in [0.15, 0.2) is 6.10 Å². The number of ether oxygens (including phenoxy) is 3. The van der Waals surface area contributed by atoms with Gasteiger partial charge in [-0.05, 0) is 50.2 Å². The fourth-order valence-corrected chi connectivity index (χ4v) is 2.59. The number of amides is 2. The third-order valence-electron chi connectivity index (χ3n) is 4.19. The molecule has 0 aliphatic carbocycles. The van der Waals surface area contributed by atoms with Crippen LogP contribution in [0, 0.1) is 10.1 Å². The zero-order valence-corrected chi connectivity index (χ0v) is 18.0. The van der Waals surface area contributed by atoms with E-state index in [1.807, 2.05) is 6.92 Å². The number of hydrazine groups is 1. The lowest BCUT2D eigenvalue weighted by atomic mass is 10.1. The highest BCUT2D eigenvalue weighted by Gasteiger charge is 2.19. The van der Waals surface area contributed by atoms with Crippen molar-refractivity contribution in [3.63, 3.8) is 0 Å². The molecule has 2 amide bonds. The molecule has 172 valence electrons. The number of nitrogens with one attached hydrogen (secondary N) is 3. The van der Waals surface area contributed by atoms with Gasteiger partial charge in [-0.25, -0.2) is 0 Å². The molecule has 3 N–H and O–H groups in total. The molecule has 0 aliphatic heterocycles. The van der Waals surface area contributed by atoms with Gasteiger partial charge in [-0.3, -0.25) is 30.6 Å². The first-order valence-corrected chi connectivity index (χ1v) is 9.86. The molecule has 0 fully saturated rings. The molecule has 11 nitrogen and oxygen atoms in total. The Bertz CT molecular complexity index is 934. The van der Waals surface area contributed by atoms with Crippen molar-refractivity contribution in [2.24, 2.45) is 0 Å². The summed E-state index contributed by atoms with van der Waals surface area (Å²) in [5.41, 5.74) is 4.47. The number of hydrogen-bond donors (Lipinski definition) is 3. The SMILES string of the molecule is CCOc1ccc(OC(C)C(=O)NNC(=O)c2ccc(NCCOC)c([N+](=O)[O-])c2)cc1. The zero-order valence-electron chi connectivity index (χ0n) is 18.0. The number of benzene rings is 2. The number of nitro benzene ring substituents is 1. The van der Waals surface area contributed by atoms with Gasteiger partial charge in [-0.15, -0.1) is 0 Å². The van der Waals surface area contributed by atoms with E-state index in [4.69, 9.17) is 14.2 Å². The molecule has 1 atom stereocenters. The fraction of sp³-hybridized carbons (Fsp3) is 0.333. The van der Waals surface area contributed by atoms with Gasteiger partial charge in [-0.1, -0.05) is 0 Å². The van der Waals surface area contributed by atoms with Gasteiger partial charge in [0.2, 0.25) is 0 Å². The molecule has 2 rings (SSSR count). The molecule has 0 spiro atoms. The van der Waals surface area contributed by atoms with Gasteiger partial charge < -0.3 is 19.5 Å². The summed E-state index contributed by atoms with van der Waals surface area (Å²) in [6.07, 6.45) is -0.907.